The van der Waals surface area contributed by atoms with Crippen LogP contribution in [0, 0.1) is 0 Å². The third-order valence-electron chi connectivity index (χ3n) is 3.49. The van der Waals surface area contributed by atoms with Gasteiger partial charge in [0.1, 0.15) is 18.2 Å². The Balaban J connectivity index is 1.67. The van der Waals surface area contributed by atoms with Gasteiger partial charge in [0.15, 0.2) is 0 Å². The highest BCUT2D eigenvalue weighted by Gasteiger charge is 2.35. The third-order valence-corrected chi connectivity index (χ3v) is 4.47. The van der Waals surface area contributed by atoms with Crippen LogP contribution in [-0.4, -0.2) is 40.2 Å². The summed E-state index contributed by atoms with van der Waals surface area (Å²) in [6, 6.07) is 9.26. The molecule has 0 unspecified atom stereocenters. The van der Waals surface area contributed by atoms with E-state index in [9.17, 15) is 9.59 Å². The predicted molar refractivity (Wildman–Crippen MR) is 85.2 cm³/mol. The Morgan fingerprint density at radius 3 is 2.87 bits per heavy atom. The van der Waals surface area contributed by atoms with E-state index in [4.69, 9.17) is 4.74 Å². The molecular formula is C15H16N4O3S. The lowest BCUT2D eigenvalue weighted by molar-refractivity contribution is -0.117. The minimum absolute atomic E-state index is 0.0839. The second-order valence-corrected chi connectivity index (χ2v) is 6.10. The average Bonchev–Trinajstić information content (AvgIpc) is 3.16. The fourth-order valence-corrected chi connectivity index (χ4v) is 3.03. The van der Waals surface area contributed by atoms with Crippen LogP contribution in [0.5, 0.6) is 0 Å². The molecule has 1 aliphatic rings. The predicted octanol–water partition coefficient (Wildman–Crippen LogP) is 2.23. The summed E-state index contributed by atoms with van der Waals surface area (Å²) >= 11 is 1.33. The van der Waals surface area contributed by atoms with Crippen molar-refractivity contribution in [2.45, 2.75) is 19.4 Å². The molecule has 2 heterocycles. The number of cyclic esters (lactones) is 1. The summed E-state index contributed by atoms with van der Waals surface area (Å²) in [6.07, 6.45) is 0.280. The second kappa shape index (κ2) is 6.74. The highest BCUT2D eigenvalue weighted by Crippen LogP contribution is 2.27. The summed E-state index contributed by atoms with van der Waals surface area (Å²) in [6.45, 7) is 2.13. The molecule has 23 heavy (non-hydrogen) atoms. The van der Waals surface area contributed by atoms with Crippen LogP contribution in [0.2, 0.25) is 0 Å². The molecule has 1 saturated heterocycles. The molecule has 7 nitrogen and oxygen atoms in total. The first-order valence-electron chi connectivity index (χ1n) is 7.28. The van der Waals surface area contributed by atoms with Crippen molar-refractivity contribution < 1.29 is 14.3 Å². The lowest BCUT2D eigenvalue weighted by atomic mass is 10.1. The molecular weight excluding hydrogens is 316 g/mol. The van der Waals surface area contributed by atoms with Gasteiger partial charge < -0.3 is 4.74 Å². The maximum absolute atomic E-state index is 12.2. The van der Waals surface area contributed by atoms with Crippen LogP contribution in [0.4, 0.5) is 9.93 Å². The van der Waals surface area contributed by atoms with E-state index in [1.807, 2.05) is 37.3 Å². The van der Waals surface area contributed by atoms with Gasteiger partial charge in [-0.15, -0.1) is 10.2 Å². The largest absolute Gasteiger partial charge is 0.447 e. The van der Waals surface area contributed by atoms with Gasteiger partial charge in [0.25, 0.3) is 0 Å². The van der Waals surface area contributed by atoms with Gasteiger partial charge in [-0.1, -0.05) is 48.6 Å². The van der Waals surface area contributed by atoms with Crippen LogP contribution in [0.3, 0.4) is 0 Å². The van der Waals surface area contributed by atoms with Crippen LogP contribution in [0.1, 0.15) is 23.5 Å². The molecule has 8 heteroatoms. The first-order chi connectivity index (χ1) is 11.2. The van der Waals surface area contributed by atoms with Crippen molar-refractivity contribution in [1.82, 2.24) is 15.1 Å². The van der Waals surface area contributed by atoms with E-state index < -0.39 is 6.09 Å². The Bertz CT molecular complexity index is 704. The third kappa shape index (κ3) is 3.48. The van der Waals surface area contributed by atoms with Gasteiger partial charge in [0.2, 0.25) is 11.0 Å². The number of nitrogens with zero attached hydrogens (tertiary/aromatic N) is 3. The van der Waals surface area contributed by atoms with Crippen molar-refractivity contribution >= 4 is 28.5 Å². The lowest BCUT2D eigenvalue weighted by Gasteiger charge is -2.20. The number of carbonyl (C=O) groups is 2. The molecule has 0 spiro atoms. The number of amides is 2. The van der Waals surface area contributed by atoms with Gasteiger partial charge in [-0.2, -0.15) is 0 Å². The number of rotatable bonds is 5. The van der Waals surface area contributed by atoms with E-state index in [0.29, 0.717) is 5.13 Å². The monoisotopic (exact) mass is 332 g/mol. The van der Waals surface area contributed by atoms with Gasteiger partial charge in [0.05, 0.1) is 6.04 Å². The van der Waals surface area contributed by atoms with Crippen LogP contribution >= 0.6 is 11.3 Å². The quantitative estimate of drug-likeness (QED) is 0.907. The van der Waals surface area contributed by atoms with Crippen molar-refractivity contribution in [3.63, 3.8) is 0 Å². The molecule has 1 aliphatic heterocycles. The topological polar surface area (TPSA) is 84.4 Å². The summed E-state index contributed by atoms with van der Waals surface area (Å²) in [7, 11) is 0. The number of anilines is 1. The Labute approximate surface area is 137 Å². The van der Waals surface area contributed by atoms with Crippen LogP contribution in [0.25, 0.3) is 0 Å². The normalized spacial score (nSPS) is 17.2. The highest BCUT2D eigenvalue weighted by atomic mass is 32.1. The van der Waals surface area contributed by atoms with E-state index in [2.05, 4.69) is 15.5 Å². The fourth-order valence-electron chi connectivity index (χ4n) is 2.34. The first kappa shape index (κ1) is 15.4. The van der Waals surface area contributed by atoms with Crippen molar-refractivity contribution in [3.05, 3.63) is 40.9 Å². The molecule has 2 amide bonds. The molecule has 1 aromatic carbocycles. The SMILES string of the molecule is CCc1nnc(NC(=O)CN2C(=O)OC[C@H]2c2ccccc2)s1. The molecule has 120 valence electrons. The maximum atomic E-state index is 12.2. The number of hydrogen-bond donors (Lipinski definition) is 1. The standard InChI is InChI=1S/C15H16N4O3S/c1-2-13-17-18-14(23-13)16-12(20)8-19-11(9-22-15(19)21)10-6-4-3-5-7-10/h3-7,11H,2,8-9H2,1H3,(H,16,18,20)/t11-/m0/s1. The Kier molecular flexibility index (Phi) is 4.52. The van der Waals surface area contributed by atoms with Crippen molar-refractivity contribution in [1.29, 1.82) is 0 Å². The maximum Gasteiger partial charge on any atom is 0.410 e. The Morgan fingerprint density at radius 2 is 2.17 bits per heavy atom. The van der Waals surface area contributed by atoms with Crippen molar-refractivity contribution in [2.75, 3.05) is 18.5 Å². The zero-order chi connectivity index (χ0) is 16.2. The van der Waals surface area contributed by atoms with E-state index in [-0.39, 0.29) is 25.1 Å². The summed E-state index contributed by atoms with van der Waals surface area (Å²) in [4.78, 5) is 25.5. The zero-order valence-corrected chi connectivity index (χ0v) is 13.4. The highest BCUT2D eigenvalue weighted by molar-refractivity contribution is 7.15. The van der Waals surface area contributed by atoms with Crippen molar-refractivity contribution in [3.8, 4) is 0 Å². The van der Waals surface area contributed by atoms with Gasteiger partial charge in [-0.05, 0) is 12.0 Å². The second-order valence-electron chi connectivity index (χ2n) is 5.03. The zero-order valence-electron chi connectivity index (χ0n) is 12.6. The smallest absolute Gasteiger partial charge is 0.410 e. The number of benzene rings is 1. The summed E-state index contributed by atoms with van der Waals surface area (Å²) in [5.74, 6) is -0.316. The number of nitrogens with one attached hydrogen (secondary N) is 1. The molecule has 1 fully saturated rings. The Hall–Kier alpha value is -2.48. The Morgan fingerprint density at radius 1 is 1.39 bits per heavy atom. The number of aryl methyl sites for hydroxylation is 1. The average molecular weight is 332 g/mol. The van der Waals surface area contributed by atoms with Gasteiger partial charge in [-0.25, -0.2) is 4.79 Å². The minimum Gasteiger partial charge on any atom is -0.447 e. The number of carbonyl (C=O) groups excluding carboxylic acids is 2. The van der Waals surface area contributed by atoms with E-state index in [1.165, 1.54) is 16.2 Å². The van der Waals surface area contributed by atoms with E-state index >= 15 is 0 Å². The van der Waals surface area contributed by atoms with Crippen LogP contribution < -0.4 is 5.32 Å². The summed E-state index contributed by atoms with van der Waals surface area (Å²) in [5, 5.41) is 11.8. The fraction of sp³-hybridized carbons (Fsp3) is 0.333. The first-order valence-corrected chi connectivity index (χ1v) is 8.09. The molecule has 3 rings (SSSR count). The molecule has 0 saturated carbocycles. The van der Waals surface area contributed by atoms with Gasteiger partial charge in [0, 0.05) is 0 Å². The lowest BCUT2D eigenvalue weighted by Crippen LogP contribution is -2.35. The van der Waals surface area contributed by atoms with Crippen molar-refractivity contribution in [2.24, 2.45) is 0 Å². The molecule has 2 aromatic rings. The molecule has 1 N–H and O–H groups in total. The molecule has 0 bridgehead atoms. The molecule has 0 radical (unpaired) electrons. The molecule has 0 aliphatic carbocycles. The van der Waals surface area contributed by atoms with Gasteiger partial charge >= 0.3 is 6.09 Å². The van der Waals surface area contributed by atoms with Crippen LogP contribution in [-0.2, 0) is 16.0 Å². The van der Waals surface area contributed by atoms with E-state index in [0.717, 1.165) is 17.0 Å². The van der Waals surface area contributed by atoms with Crippen LogP contribution in [0.15, 0.2) is 30.3 Å². The minimum atomic E-state index is -0.486. The van der Waals surface area contributed by atoms with Gasteiger partial charge in [-0.3, -0.25) is 15.0 Å². The number of ether oxygens (including phenoxy) is 1. The summed E-state index contributed by atoms with van der Waals surface area (Å²) < 4.78 is 5.09. The number of aromatic nitrogens is 2. The molecule has 1 atom stereocenters. The summed E-state index contributed by atoms with van der Waals surface area (Å²) in [5.41, 5.74) is 0.940. The van der Waals surface area contributed by atoms with E-state index in [1.54, 1.807) is 0 Å². The molecule has 1 aromatic heterocycles. The number of hydrogen-bond acceptors (Lipinski definition) is 6.